The van der Waals surface area contributed by atoms with Gasteiger partial charge in [-0.3, -0.25) is 4.79 Å². The fourth-order valence-corrected chi connectivity index (χ4v) is 8.17. The Kier molecular flexibility index (Phi) is 46.0. The van der Waals surface area contributed by atoms with E-state index in [0.717, 1.165) is 38.5 Å². The maximum Gasteiger partial charge on any atom is 0.222 e. The van der Waals surface area contributed by atoms with Gasteiger partial charge in [-0.2, -0.15) is 0 Å². The van der Waals surface area contributed by atoms with Crippen molar-refractivity contribution in [2.45, 2.75) is 302 Å². The largest absolute Gasteiger partial charge is 0.394 e. The molecule has 3 atom stereocenters. The normalized spacial score (nSPS) is 13.4. The standard InChI is InChI=1S/C51H101NO4/c1-3-5-7-9-11-13-15-17-19-21-22-23-24-25-26-27-28-29-31-33-35-37-39-41-43-45-50(55)49(47-53)52-51(56)46-48(54)44-42-40-38-36-34-32-30-20-18-16-14-12-10-8-6-4-2/h32,34,48-50,53-55H,3-31,33,35-47H2,1-2H3,(H,52,56)/b34-32-. The van der Waals surface area contributed by atoms with Crippen molar-refractivity contribution >= 4 is 5.91 Å². The monoisotopic (exact) mass is 792 g/mol. The second kappa shape index (κ2) is 46.8. The summed E-state index contributed by atoms with van der Waals surface area (Å²) in [6.07, 6.45) is 56.3. The maximum absolute atomic E-state index is 12.5. The number of unbranched alkanes of at least 4 members (excludes halogenated alkanes) is 36. The van der Waals surface area contributed by atoms with Crippen molar-refractivity contribution in [1.29, 1.82) is 0 Å². The van der Waals surface area contributed by atoms with Gasteiger partial charge < -0.3 is 20.6 Å². The molecule has 0 fully saturated rings. The van der Waals surface area contributed by atoms with Crippen LogP contribution in [0, 0.1) is 0 Å². The highest BCUT2D eigenvalue weighted by molar-refractivity contribution is 5.76. The lowest BCUT2D eigenvalue weighted by molar-refractivity contribution is -0.125. The zero-order chi connectivity index (χ0) is 40.8. The molecule has 56 heavy (non-hydrogen) atoms. The maximum atomic E-state index is 12.5. The summed E-state index contributed by atoms with van der Waals surface area (Å²) in [5.41, 5.74) is 0. The third-order valence-corrected chi connectivity index (χ3v) is 12.1. The van der Waals surface area contributed by atoms with E-state index in [1.807, 2.05) is 0 Å². The molecule has 3 unspecified atom stereocenters. The molecular formula is C51H101NO4. The number of amides is 1. The molecule has 0 aromatic carbocycles. The number of nitrogens with one attached hydrogen (secondary N) is 1. The summed E-state index contributed by atoms with van der Waals surface area (Å²) in [6, 6.07) is -0.661. The predicted octanol–water partition coefficient (Wildman–Crippen LogP) is 15.2. The second-order valence-electron chi connectivity index (χ2n) is 17.8. The van der Waals surface area contributed by atoms with E-state index in [9.17, 15) is 20.1 Å². The summed E-state index contributed by atoms with van der Waals surface area (Å²) >= 11 is 0. The molecule has 5 nitrogen and oxygen atoms in total. The lowest BCUT2D eigenvalue weighted by Gasteiger charge is -2.23. The zero-order valence-corrected chi connectivity index (χ0v) is 38.0. The summed E-state index contributed by atoms with van der Waals surface area (Å²) in [5, 5.41) is 33.5. The molecule has 0 rings (SSSR count). The van der Waals surface area contributed by atoms with Gasteiger partial charge in [-0.1, -0.05) is 251 Å². The number of aliphatic hydroxyl groups is 3. The minimum atomic E-state index is -0.751. The van der Waals surface area contributed by atoms with Crippen LogP contribution in [0.4, 0.5) is 0 Å². The first-order chi connectivity index (χ1) is 27.5. The van der Waals surface area contributed by atoms with Gasteiger partial charge in [0.2, 0.25) is 5.91 Å². The summed E-state index contributed by atoms with van der Waals surface area (Å²) in [5.74, 6) is -0.287. The van der Waals surface area contributed by atoms with Gasteiger partial charge in [-0.25, -0.2) is 0 Å². The van der Waals surface area contributed by atoms with Crippen LogP contribution < -0.4 is 5.32 Å². The van der Waals surface area contributed by atoms with Gasteiger partial charge >= 0.3 is 0 Å². The molecule has 0 saturated carbocycles. The first-order valence-electron chi connectivity index (χ1n) is 25.5. The van der Waals surface area contributed by atoms with Gasteiger partial charge in [-0.05, 0) is 38.5 Å². The number of carbonyl (C=O) groups excluding carboxylic acids is 1. The first-order valence-corrected chi connectivity index (χ1v) is 25.5. The Balaban J connectivity index is 3.54. The summed E-state index contributed by atoms with van der Waals surface area (Å²) < 4.78 is 0. The molecule has 1 amide bonds. The van der Waals surface area contributed by atoms with Crippen molar-refractivity contribution in [2.75, 3.05) is 6.61 Å². The van der Waals surface area contributed by atoms with Crippen molar-refractivity contribution in [3.05, 3.63) is 12.2 Å². The molecule has 5 heteroatoms. The molecule has 0 saturated heterocycles. The molecule has 0 aromatic rings. The van der Waals surface area contributed by atoms with Gasteiger partial charge in [0.15, 0.2) is 0 Å². The van der Waals surface area contributed by atoms with E-state index >= 15 is 0 Å². The van der Waals surface area contributed by atoms with Crippen LogP contribution in [0.1, 0.15) is 284 Å². The lowest BCUT2D eigenvalue weighted by atomic mass is 10.0. The Morgan fingerprint density at radius 1 is 0.429 bits per heavy atom. The number of hydrogen-bond donors (Lipinski definition) is 4. The summed E-state index contributed by atoms with van der Waals surface area (Å²) in [7, 11) is 0. The molecule has 0 radical (unpaired) electrons. The van der Waals surface area contributed by atoms with Crippen molar-refractivity contribution in [3.8, 4) is 0 Å². The SMILES string of the molecule is CCCCCCCCCCC/C=C\CCCCCC(O)CC(=O)NC(CO)C(O)CCCCCCCCCCCCCCCCCCCCCCCCCCC. The zero-order valence-electron chi connectivity index (χ0n) is 38.0. The van der Waals surface area contributed by atoms with Gasteiger partial charge in [0.05, 0.1) is 31.3 Å². The Hall–Kier alpha value is -0.910. The lowest BCUT2D eigenvalue weighted by Crippen LogP contribution is -2.46. The number of allylic oxidation sites excluding steroid dienone is 2. The number of rotatable bonds is 47. The topological polar surface area (TPSA) is 89.8 Å². The molecular weight excluding hydrogens is 691 g/mol. The van der Waals surface area contributed by atoms with Crippen LogP contribution in [0.15, 0.2) is 12.2 Å². The number of carbonyl (C=O) groups is 1. The van der Waals surface area contributed by atoms with Crippen molar-refractivity contribution in [1.82, 2.24) is 5.32 Å². The van der Waals surface area contributed by atoms with E-state index in [1.165, 1.54) is 212 Å². The minimum absolute atomic E-state index is 0.0291. The van der Waals surface area contributed by atoms with Crippen LogP contribution in [0.3, 0.4) is 0 Å². The molecule has 4 N–H and O–H groups in total. The average Bonchev–Trinajstić information content (AvgIpc) is 3.19. The van der Waals surface area contributed by atoms with Gasteiger partial charge in [0, 0.05) is 0 Å². The van der Waals surface area contributed by atoms with Gasteiger partial charge in [0.25, 0.3) is 0 Å². The van der Waals surface area contributed by atoms with Crippen LogP contribution in [-0.4, -0.2) is 46.1 Å². The summed E-state index contributed by atoms with van der Waals surface area (Å²) in [6.45, 7) is 4.28. The molecule has 0 spiro atoms. The molecule has 0 aliphatic carbocycles. The predicted molar refractivity (Wildman–Crippen MR) is 245 cm³/mol. The first kappa shape index (κ1) is 55.1. The van der Waals surface area contributed by atoms with Crippen LogP contribution in [-0.2, 0) is 4.79 Å². The fraction of sp³-hybridized carbons (Fsp3) is 0.941. The third-order valence-electron chi connectivity index (χ3n) is 12.1. The molecule has 334 valence electrons. The second-order valence-corrected chi connectivity index (χ2v) is 17.8. The number of hydrogen-bond acceptors (Lipinski definition) is 4. The average molecular weight is 792 g/mol. The van der Waals surface area contributed by atoms with Gasteiger partial charge in [0.1, 0.15) is 0 Å². The molecule has 0 aromatic heterocycles. The minimum Gasteiger partial charge on any atom is -0.394 e. The van der Waals surface area contributed by atoms with E-state index in [4.69, 9.17) is 0 Å². The quantitative estimate of drug-likeness (QED) is 0.0365. The Labute approximate surface area is 350 Å². The van der Waals surface area contributed by atoms with E-state index in [0.29, 0.717) is 12.8 Å². The van der Waals surface area contributed by atoms with E-state index in [-0.39, 0.29) is 18.9 Å². The molecule has 0 aliphatic heterocycles. The van der Waals surface area contributed by atoms with Crippen LogP contribution in [0.25, 0.3) is 0 Å². The highest BCUT2D eigenvalue weighted by Gasteiger charge is 2.21. The Morgan fingerprint density at radius 2 is 0.714 bits per heavy atom. The highest BCUT2D eigenvalue weighted by atomic mass is 16.3. The third kappa shape index (κ3) is 42.7. The molecule has 0 aliphatic rings. The van der Waals surface area contributed by atoms with Gasteiger partial charge in [-0.15, -0.1) is 0 Å². The highest BCUT2D eigenvalue weighted by Crippen LogP contribution is 2.17. The van der Waals surface area contributed by atoms with Crippen molar-refractivity contribution in [2.24, 2.45) is 0 Å². The van der Waals surface area contributed by atoms with E-state index in [2.05, 4.69) is 31.3 Å². The molecule has 0 heterocycles. The summed E-state index contributed by atoms with van der Waals surface area (Å²) in [4.78, 5) is 12.5. The molecule has 0 bridgehead atoms. The van der Waals surface area contributed by atoms with Crippen molar-refractivity contribution in [3.63, 3.8) is 0 Å². The van der Waals surface area contributed by atoms with Crippen LogP contribution in [0.2, 0.25) is 0 Å². The Bertz CT molecular complexity index is 788. The van der Waals surface area contributed by atoms with E-state index in [1.54, 1.807) is 0 Å². The van der Waals surface area contributed by atoms with Crippen molar-refractivity contribution < 1.29 is 20.1 Å². The number of aliphatic hydroxyl groups excluding tert-OH is 3. The van der Waals surface area contributed by atoms with E-state index < -0.39 is 18.2 Å². The Morgan fingerprint density at radius 3 is 1.05 bits per heavy atom. The van der Waals surface area contributed by atoms with Crippen LogP contribution in [0.5, 0.6) is 0 Å². The smallest absolute Gasteiger partial charge is 0.222 e. The van der Waals surface area contributed by atoms with Crippen LogP contribution >= 0.6 is 0 Å². The fourth-order valence-electron chi connectivity index (χ4n) is 8.17.